The molecule has 8 nitrogen and oxygen atoms in total. The Morgan fingerprint density at radius 1 is 0.553 bits per heavy atom. The van der Waals surface area contributed by atoms with Gasteiger partial charge in [-0.1, -0.05) is 59.7 Å². The predicted molar refractivity (Wildman–Crippen MR) is 149 cm³/mol. The summed E-state index contributed by atoms with van der Waals surface area (Å²) in [7, 11) is -7.65. The molecule has 1 saturated carbocycles. The molecule has 0 radical (unpaired) electrons. The molecule has 0 heterocycles. The first-order valence-corrected chi connectivity index (χ1v) is 15.7. The van der Waals surface area contributed by atoms with Gasteiger partial charge in [0.1, 0.15) is 0 Å². The van der Waals surface area contributed by atoms with Gasteiger partial charge in [0.05, 0.1) is 9.79 Å². The highest BCUT2D eigenvalue weighted by molar-refractivity contribution is 7.89. The molecule has 0 unspecified atom stereocenters. The molecule has 2 aromatic rings. The highest BCUT2D eigenvalue weighted by Gasteiger charge is 2.47. The average Bonchev–Trinajstić information content (AvgIpc) is 2.91. The van der Waals surface area contributed by atoms with Gasteiger partial charge in [-0.3, -0.25) is 0 Å². The van der Waals surface area contributed by atoms with Gasteiger partial charge in [-0.2, -0.15) is 27.0 Å². The van der Waals surface area contributed by atoms with Gasteiger partial charge in [-0.15, -0.1) is 0 Å². The van der Waals surface area contributed by atoms with Crippen molar-refractivity contribution >= 4 is 31.5 Å². The van der Waals surface area contributed by atoms with E-state index in [9.17, 15) is 16.8 Å². The number of benzene rings is 2. The van der Waals surface area contributed by atoms with Gasteiger partial charge >= 0.3 is 0 Å². The van der Waals surface area contributed by atoms with Gasteiger partial charge in [0, 0.05) is 35.1 Å². The molecule has 0 amide bonds. The molecule has 10 heteroatoms. The lowest BCUT2D eigenvalue weighted by Gasteiger charge is -2.45. The Labute approximate surface area is 224 Å². The maximum atomic E-state index is 13.0. The lowest BCUT2D eigenvalue weighted by atomic mass is 9.60. The van der Waals surface area contributed by atoms with Crippen molar-refractivity contribution in [3.05, 3.63) is 84.0 Å². The number of rotatable bonds is 6. The highest BCUT2D eigenvalue weighted by atomic mass is 32.2. The first-order valence-electron chi connectivity index (χ1n) is 12.8. The first kappa shape index (κ1) is 26.4. The second-order valence-corrected chi connectivity index (χ2v) is 13.5. The average molecular weight is 553 g/mol. The fourth-order valence-corrected chi connectivity index (χ4v) is 7.23. The van der Waals surface area contributed by atoms with Crippen LogP contribution in [0.2, 0.25) is 0 Å². The highest BCUT2D eigenvalue weighted by Crippen LogP contribution is 2.44. The van der Waals surface area contributed by atoms with Gasteiger partial charge in [0.25, 0.3) is 20.0 Å². The molecule has 3 aliphatic rings. The smallest absolute Gasteiger partial charge is 0.200 e. The molecule has 0 saturated heterocycles. The van der Waals surface area contributed by atoms with Crippen LogP contribution in [0.5, 0.6) is 0 Å². The van der Waals surface area contributed by atoms with Crippen LogP contribution in [-0.4, -0.2) is 28.3 Å². The van der Waals surface area contributed by atoms with Crippen molar-refractivity contribution in [2.24, 2.45) is 33.9 Å². The molecular formula is C28H32N4O4S2. The number of hydrazone groups is 2. The van der Waals surface area contributed by atoms with Crippen LogP contribution in [0.15, 0.2) is 92.8 Å². The van der Waals surface area contributed by atoms with Crippen LogP contribution in [0, 0.1) is 37.5 Å². The van der Waals surface area contributed by atoms with Crippen LogP contribution in [-0.2, 0) is 20.0 Å². The van der Waals surface area contributed by atoms with E-state index < -0.39 is 20.0 Å². The Balaban J connectivity index is 1.47. The fraction of sp³-hybridized carbons (Fsp3) is 0.357. The number of aryl methyl sites for hydroxylation is 2. The summed E-state index contributed by atoms with van der Waals surface area (Å²) in [6.45, 7) is 3.80. The van der Waals surface area contributed by atoms with Crippen molar-refractivity contribution in [1.29, 1.82) is 0 Å². The Morgan fingerprint density at radius 3 is 1.13 bits per heavy atom. The lowest BCUT2D eigenvalue weighted by Crippen LogP contribution is -2.50. The molecule has 5 rings (SSSR count). The lowest BCUT2D eigenvalue weighted by molar-refractivity contribution is 0.381. The number of hydrogen-bond donors (Lipinski definition) is 2. The van der Waals surface area contributed by atoms with Gasteiger partial charge in [-0.25, -0.2) is 9.66 Å². The largest absolute Gasteiger partial charge is 0.276 e. The molecular weight excluding hydrogens is 520 g/mol. The van der Waals surface area contributed by atoms with Gasteiger partial charge in [-0.05, 0) is 63.8 Å². The second-order valence-electron chi connectivity index (χ2n) is 10.2. The SMILES string of the molecule is Cc1ccc(S(=O)(=O)NN=C2[C@H]3CC=CC[C@@H]3C(=NNS(=O)(=O)c3ccc(C)cc3)[C@H]3CC=CC[C@H]23)cc1. The van der Waals surface area contributed by atoms with Gasteiger partial charge in [0.2, 0.25) is 0 Å². The molecule has 200 valence electrons. The molecule has 2 aromatic carbocycles. The molecule has 0 aromatic heterocycles. The van der Waals surface area contributed by atoms with E-state index in [4.69, 9.17) is 0 Å². The van der Waals surface area contributed by atoms with Crippen molar-refractivity contribution in [3.63, 3.8) is 0 Å². The van der Waals surface area contributed by atoms with Crippen LogP contribution in [0.4, 0.5) is 0 Å². The zero-order chi connectivity index (χ0) is 26.9. The molecule has 0 aliphatic heterocycles. The predicted octanol–water partition coefficient (Wildman–Crippen LogP) is 4.45. The van der Waals surface area contributed by atoms with E-state index in [-0.39, 0.29) is 33.5 Å². The van der Waals surface area contributed by atoms with E-state index in [1.807, 2.05) is 13.8 Å². The summed E-state index contributed by atoms with van der Waals surface area (Å²) in [5, 5.41) is 9.08. The molecule has 2 N–H and O–H groups in total. The molecule has 0 bridgehead atoms. The summed E-state index contributed by atoms with van der Waals surface area (Å²) in [6, 6.07) is 13.3. The summed E-state index contributed by atoms with van der Waals surface area (Å²) >= 11 is 0. The van der Waals surface area contributed by atoms with E-state index >= 15 is 0 Å². The van der Waals surface area contributed by atoms with E-state index in [0.29, 0.717) is 25.7 Å². The van der Waals surface area contributed by atoms with E-state index in [1.165, 1.54) is 0 Å². The quantitative estimate of drug-likeness (QED) is 0.407. The maximum Gasteiger partial charge on any atom is 0.276 e. The minimum absolute atomic E-state index is 0.0731. The van der Waals surface area contributed by atoms with Crippen LogP contribution >= 0.6 is 0 Å². The van der Waals surface area contributed by atoms with Crippen molar-refractivity contribution in [2.75, 3.05) is 0 Å². The summed E-state index contributed by atoms with van der Waals surface area (Å²) < 4.78 is 52.0. The van der Waals surface area contributed by atoms with Crippen molar-refractivity contribution < 1.29 is 16.8 Å². The number of hydrogen-bond acceptors (Lipinski definition) is 6. The number of fused-ring (bicyclic) bond motifs is 2. The third kappa shape index (κ3) is 5.33. The number of sulfonamides is 2. The van der Waals surface area contributed by atoms with Crippen LogP contribution in [0.1, 0.15) is 36.8 Å². The maximum absolute atomic E-state index is 13.0. The standard InChI is InChI=1S/C28H32N4O4S2/c1-19-11-15-21(16-12-19)37(33,34)31-29-27-23-7-3-5-9-25(23)28(26-10-6-4-8-24(26)27)30-32-38(35,36)22-17-13-20(2)14-18-22/h3-6,11-18,23-26,31-32H,7-10H2,1-2H3/t23-,24-,25-,26-/m0/s1. The zero-order valence-electron chi connectivity index (χ0n) is 21.4. The summed E-state index contributed by atoms with van der Waals surface area (Å²) in [5.74, 6) is -0.292. The molecule has 38 heavy (non-hydrogen) atoms. The third-order valence-corrected chi connectivity index (χ3v) is 10.1. The first-order chi connectivity index (χ1) is 18.2. The Kier molecular flexibility index (Phi) is 7.28. The van der Waals surface area contributed by atoms with Crippen LogP contribution in [0.3, 0.4) is 0 Å². The van der Waals surface area contributed by atoms with Crippen LogP contribution < -0.4 is 9.66 Å². The number of allylic oxidation sites excluding steroid dienone is 4. The number of nitrogens with zero attached hydrogens (tertiary/aromatic N) is 2. The monoisotopic (exact) mass is 552 g/mol. The molecule has 1 fully saturated rings. The van der Waals surface area contributed by atoms with Crippen molar-refractivity contribution in [3.8, 4) is 0 Å². The van der Waals surface area contributed by atoms with E-state index in [2.05, 4.69) is 44.2 Å². The van der Waals surface area contributed by atoms with Gasteiger partial charge in [0.15, 0.2) is 0 Å². The normalized spacial score (nSPS) is 24.8. The van der Waals surface area contributed by atoms with E-state index in [0.717, 1.165) is 22.6 Å². The minimum Gasteiger partial charge on any atom is -0.200 e. The van der Waals surface area contributed by atoms with Gasteiger partial charge < -0.3 is 0 Å². The van der Waals surface area contributed by atoms with Crippen molar-refractivity contribution in [1.82, 2.24) is 9.66 Å². The molecule has 4 atom stereocenters. The molecule has 0 spiro atoms. The zero-order valence-corrected chi connectivity index (χ0v) is 23.0. The summed E-state index contributed by atoms with van der Waals surface area (Å²) in [4.78, 5) is 5.30. The topological polar surface area (TPSA) is 117 Å². The Bertz CT molecular complexity index is 1370. The fourth-order valence-electron chi connectivity index (χ4n) is 5.58. The summed E-state index contributed by atoms with van der Waals surface area (Å²) in [5.41, 5.74) is 3.57. The van der Waals surface area contributed by atoms with Crippen molar-refractivity contribution in [2.45, 2.75) is 49.3 Å². The van der Waals surface area contributed by atoms with Crippen LogP contribution in [0.25, 0.3) is 0 Å². The Morgan fingerprint density at radius 2 is 0.842 bits per heavy atom. The minimum atomic E-state index is -3.82. The van der Waals surface area contributed by atoms with E-state index in [1.54, 1.807) is 48.5 Å². The molecule has 3 aliphatic carbocycles. The Hall–Kier alpha value is -3.24. The number of nitrogens with one attached hydrogen (secondary N) is 2. The summed E-state index contributed by atoms with van der Waals surface area (Å²) in [6.07, 6.45) is 11.1. The third-order valence-electron chi connectivity index (χ3n) is 7.64. The second kappa shape index (κ2) is 10.5.